The van der Waals surface area contributed by atoms with Gasteiger partial charge in [-0.2, -0.15) is 0 Å². The van der Waals surface area contributed by atoms with E-state index >= 15 is 0 Å². The molecule has 1 aliphatic rings. The second kappa shape index (κ2) is 6.32. The zero-order chi connectivity index (χ0) is 15.4. The van der Waals surface area contributed by atoms with Crippen molar-refractivity contribution in [3.05, 3.63) is 42.3 Å². The van der Waals surface area contributed by atoms with Gasteiger partial charge in [0, 0.05) is 12.1 Å². The lowest BCUT2D eigenvalue weighted by molar-refractivity contribution is 0.0917. The summed E-state index contributed by atoms with van der Waals surface area (Å²) >= 11 is 0. The minimum Gasteiger partial charge on any atom is -0.444 e. The lowest BCUT2D eigenvalue weighted by Gasteiger charge is -2.33. The molecule has 5 heteroatoms. The summed E-state index contributed by atoms with van der Waals surface area (Å²) in [5.41, 5.74) is 1.36. The largest absolute Gasteiger partial charge is 0.444 e. The van der Waals surface area contributed by atoms with E-state index in [-0.39, 0.29) is 11.3 Å². The van der Waals surface area contributed by atoms with Gasteiger partial charge >= 0.3 is 0 Å². The number of aromatic nitrogens is 1. The first-order valence-corrected chi connectivity index (χ1v) is 7.66. The highest BCUT2D eigenvalue weighted by molar-refractivity contribution is 5.92. The molecule has 0 spiro atoms. The van der Waals surface area contributed by atoms with Gasteiger partial charge in [0.1, 0.15) is 6.26 Å². The zero-order valence-electron chi connectivity index (χ0n) is 12.8. The van der Waals surface area contributed by atoms with Crippen molar-refractivity contribution in [1.29, 1.82) is 0 Å². The van der Waals surface area contributed by atoms with E-state index in [2.05, 4.69) is 22.5 Å². The number of hydrogen-bond acceptors (Lipinski definition) is 4. The van der Waals surface area contributed by atoms with Crippen molar-refractivity contribution >= 4 is 5.91 Å². The summed E-state index contributed by atoms with van der Waals surface area (Å²) in [6.07, 6.45) is 3.56. The van der Waals surface area contributed by atoms with Crippen LogP contribution >= 0.6 is 0 Å². The Morgan fingerprint density at radius 3 is 2.77 bits per heavy atom. The fourth-order valence-electron chi connectivity index (χ4n) is 2.68. The highest BCUT2D eigenvalue weighted by atomic mass is 16.3. The molecule has 2 aromatic rings. The number of hydrogen-bond donors (Lipinski definition) is 2. The molecular weight excluding hydrogens is 278 g/mol. The normalized spacial score (nSPS) is 17.1. The first kappa shape index (κ1) is 14.8. The molecule has 1 aromatic heterocycles. The summed E-state index contributed by atoms with van der Waals surface area (Å²) in [6.45, 7) is 4.90. The minimum atomic E-state index is -0.175. The van der Waals surface area contributed by atoms with Crippen molar-refractivity contribution in [3.8, 4) is 11.5 Å². The SMILES string of the molecule is CC1(CNC(=O)c2coc(-c3ccccc3)n2)CCNCC1. The molecular formula is C17H21N3O2. The van der Waals surface area contributed by atoms with Crippen LogP contribution in [0.5, 0.6) is 0 Å². The van der Waals surface area contributed by atoms with Gasteiger partial charge < -0.3 is 15.1 Å². The summed E-state index contributed by atoms with van der Waals surface area (Å²) in [5, 5.41) is 6.33. The van der Waals surface area contributed by atoms with Crippen LogP contribution in [-0.2, 0) is 0 Å². The molecule has 0 radical (unpaired) electrons. The predicted molar refractivity (Wildman–Crippen MR) is 84.5 cm³/mol. The highest BCUT2D eigenvalue weighted by Crippen LogP contribution is 2.26. The summed E-state index contributed by atoms with van der Waals surface area (Å²) in [4.78, 5) is 16.5. The van der Waals surface area contributed by atoms with Crippen LogP contribution in [0.2, 0.25) is 0 Å². The molecule has 0 atom stereocenters. The number of amides is 1. The molecule has 1 aromatic carbocycles. The van der Waals surface area contributed by atoms with Crippen molar-refractivity contribution in [2.45, 2.75) is 19.8 Å². The van der Waals surface area contributed by atoms with Gasteiger partial charge in [-0.15, -0.1) is 0 Å². The molecule has 22 heavy (non-hydrogen) atoms. The number of oxazole rings is 1. The molecule has 0 bridgehead atoms. The maximum atomic E-state index is 12.2. The quantitative estimate of drug-likeness (QED) is 0.910. The van der Waals surface area contributed by atoms with E-state index in [0.717, 1.165) is 31.5 Å². The second-order valence-electron chi connectivity index (χ2n) is 6.15. The number of nitrogens with one attached hydrogen (secondary N) is 2. The second-order valence-corrected chi connectivity index (χ2v) is 6.15. The van der Waals surface area contributed by atoms with E-state index in [1.54, 1.807) is 0 Å². The molecule has 1 fully saturated rings. The molecule has 2 heterocycles. The third-order valence-corrected chi connectivity index (χ3v) is 4.24. The molecule has 2 N–H and O–H groups in total. The van der Waals surface area contributed by atoms with Gasteiger partial charge in [0.2, 0.25) is 5.89 Å². The molecule has 116 valence electrons. The van der Waals surface area contributed by atoms with Crippen LogP contribution in [0.3, 0.4) is 0 Å². The van der Waals surface area contributed by atoms with E-state index in [0.29, 0.717) is 18.1 Å². The standard InChI is InChI=1S/C17H21N3O2/c1-17(7-9-18-10-8-17)12-19-15(21)14-11-22-16(20-14)13-5-3-2-4-6-13/h2-6,11,18H,7-10,12H2,1H3,(H,19,21). The molecule has 5 nitrogen and oxygen atoms in total. The van der Waals surface area contributed by atoms with Gasteiger partial charge in [-0.3, -0.25) is 4.79 Å². The topological polar surface area (TPSA) is 67.2 Å². The Kier molecular flexibility index (Phi) is 4.24. The van der Waals surface area contributed by atoms with Crippen LogP contribution in [0.15, 0.2) is 41.0 Å². The summed E-state index contributed by atoms with van der Waals surface area (Å²) in [7, 11) is 0. The van der Waals surface area contributed by atoms with E-state index in [1.165, 1.54) is 6.26 Å². The first-order valence-electron chi connectivity index (χ1n) is 7.66. The van der Waals surface area contributed by atoms with Crippen molar-refractivity contribution in [1.82, 2.24) is 15.6 Å². The predicted octanol–water partition coefficient (Wildman–Crippen LogP) is 2.46. The van der Waals surface area contributed by atoms with Gasteiger partial charge in [0.15, 0.2) is 5.69 Å². The molecule has 1 amide bonds. The van der Waals surface area contributed by atoms with Crippen molar-refractivity contribution in [3.63, 3.8) is 0 Å². The van der Waals surface area contributed by atoms with Gasteiger partial charge in [-0.25, -0.2) is 4.98 Å². The fraction of sp³-hybridized carbons (Fsp3) is 0.412. The Labute approximate surface area is 130 Å². The first-order chi connectivity index (χ1) is 10.7. The Morgan fingerprint density at radius 2 is 2.05 bits per heavy atom. The number of piperidine rings is 1. The monoisotopic (exact) mass is 299 g/mol. The van der Waals surface area contributed by atoms with Crippen molar-refractivity contribution in [2.75, 3.05) is 19.6 Å². The van der Waals surface area contributed by atoms with Crippen molar-refractivity contribution < 1.29 is 9.21 Å². The van der Waals surface area contributed by atoms with E-state index in [9.17, 15) is 4.79 Å². The van der Waals surface area contributed by atoms with Crippen LogP contribution in [0.4, 0.5) is 0 Å². The van der Waals surface area contributed by atoms with Crippen LogP contribution in [0.25, 0.3) is 11.5 Å². The third kappa shape index (κ3) is 3.36. The Hall–Kier alpha value is -2.14. The highest BCUT2D eigenvalue weighted by Gasteiger charge is 2.27. The fourth-order valence-corrected chi connectivity index (χ4v) is 2.68. The number of benzene rings is 1. The minimum absolute atomic E-state index is 0.160. The van der Waals surface area contributed by atoms with E-state index in [1.807, 2.05) is 30.3 Å². The number of carbonyl (C=O) groups is 1. The summed E-state index contributed by atoms with van der Waals surface area (Å²) in [5.74, 6) is 0.296. The molecule has 1 aliphatic heterocycles. The van der Waals surface area contributed by atoms with Crippen LogP contribution in [-0.4, -0.2) is 30.5 Å². The molecule has 0 unspecified atom stereocenters. The summed E-state index contributed by atoms with van der Waals surface area (Å²) in [6, 6.07) is 9.57. The van der Waals surface area contributed by atoms with Gasteiger partial charge in [0.05, 0.1) is 0 Å². The molecule has 3 rings (SSSR count). The van der Waals surface area contributed by atoms with Crippen LogP contribution in [0, 0.1) is 5.41 Å². The Bertz CT molecular complexity index is 630. The molecule has 1 saturated heterocycles. The number of nitrogens with zero attached hydrogens (tertiary/aromatic N) is 1. The Morgan fingerprint density at radius 1 is 1.32 bits per heavy atom. The van der Waals surface area contributed by atoms with Gasteiger partial charge in [0.25, 0.3) is 5.91 Å². The maximum Gasteiger partial charge on any atom is 0.273 e. The van der Waals surface area contributed by atoms with Crippen LogP contribution in [0.1, 0.15) is 30.3 Å². The molecule has 0 saturated carbocycles. The summed E-state index contributed by atoms with van der Waals surface area (Å²) < 4.78 is 5.41. The lowest BCUT2D eigenvalue weighted by atomic mass is 9.81. The smallest absolute Gasteiger partial charge is 0.273 e. The average Bonchev–Trinajstić information content (AvgIpc) is 3.04. The maximum absolute atomic E-state index is 12.2. The van der Waals surface area contributed by atoms with Crippen LogP contribution < -0.4 is 10.6 Å². The molecule has 0 aliphatic carbocycles. The zero-order valence-corrected chi connectivity index (χ0v) is 12.8. The van der Waals surface area contributed by atoms with E-state index in [4.69, 9.17) is 4.42 Å². The third-order valence-electron chi connectivity index (χ3n) is 4.24. The average molecular weight is 299 g/mol. The number of carbonyl (C=O) groups excluding carboxylic acids is 1. The van der Waals surface area contributed by atoms with Gasteiger partial charge in [-0.1, -0.05) is 25.1 Å². The lowest BCUT2D eigenvalue weighted by Crippen LogP contribution is -2.42. The van der Waals surface area contributed by atoms with Crippen molar-refractivity contribution in [2.24, 2.45) is 5.41 Å². The number of rotatable bonds is 4. The Balaban J connectivity index is 1.62. The van der Waals surface area contributed by atoms with E-state index < -0.39 is 0 Å². The van der Waals surface area contributed by atoms with Gasteiger partial charge in [-0.05, 0) is 43.5 Å².